The van der Waals surface area contributed by atoms with Crippen LogP contribution < -0.4 is 0 Å². The molecular weight excluding hydrogens is 272 g/mol. The second-order valence-electron chi connectivity index (χ2n) is 4.83. The van der Waals surface area contributed by atoms with Crippen LogP contribution in [0, 0.1) is 6.92 Å². The molecule has 3 aromatic rings. The zero-order valence-electron chi connectivity index (χ0n) is 11.5. The van der Waals surface area contributed by atoms with Crippen molar-refractivity contribution < 1.29 is 0 Å². The molecule has 2 aromatic heterocycles. The molecule has 3 rings (SSSR count). The highest BCUT2D eigenvalue weighted by Gasteiger charge is 2.12. The number of fused-ring (bicyclic) bond motifs is 1. The Bertz CT molecular complexity index is 700. The van der Waals surface area contributed by atoms with E-state index in [4.69, 9.17) is 16.6 Å². The molecule has 0 bridgehead atoms. The van der Waals surface area contributed by atoms with Crippen molar-refractivity contribution in [2.75, 3.05) is 5.88 Å². The molecule has 0 amide bonds. The Morgan fingerprint density at radius 2 is 2.10 bits per heavy atom. The molecule has 1 aromatic carbocycles. The van der Waals surface area contributed by atoms with Crippen molar-refractivity contribution in [1.82, 2.24) is 19.3 Å². The van der Waals surface area contributed by atoms with Crippen LogP contribution in [0.25, 0.3) is 11.0 Å². The van der Waals surface area contributed by atoms with Crippen molar-refractivity contribution in [3.8, 4) is 0 Å². The molecule has 0 unspecified atom stereocenters. The molecule has 0 radical (unpaired) electrons. The zero-order valence-corrected chi connectivity index (χ0v) is 12.2. The fourth-order valence-corrected chi connectivity index (χ4v) is 2.73. The Balaban J connectivity index is 1.99. The second kappa shape index (κ2) is 5.67. The SMILES string of the molecule is Cc1cccc2nc(CCCl)n(CCn3cccn3)c12. The number of hydrogen-bond donors (Lipinski definition) is 0. The standard InChI is InChI=1S/C15H17ClN4/c1-12-4-2-5-13-15(12)20(14(18-13)6-7-16)11-10-19-9-3-8-17-19/h2-5,8-9H,6-7,10-11H2,1H3. The predicted octanol–water partition coefficient (Wildman–Crippen LogP) is 3.02. The third kappa shape index (κ3) is 2.43. The number of aromatic nitrogens is 4. The summed E-state index contributed by atoms with van der Waals surface area (Å²) in [6.45, 7) is 3.82. The van der Waals surface area contributed by atoms with Crippen LogP contribution in [0.3, 0.4) is 0 Å². The van der Waals surface area contributed by atoms with Crippen molar-refractivity contribution in [2.24, 2.45) is 0 Å². The number of para-hydroxylation sites is 1. The number of benzene rings is 1. The van der Waals surface area contributed by atoms with Crippen molar-refractivity contribution in [3.05, 3.63) is 48.0 Å². The molecule has 0 aliphatic rings. The molecule has 0 aliphatic carbocycles. The van der Waals surface area contributed by atoms with Gasteiger partial charge in [0.15, 0.2) is 0 Å². The van der Waals surface area contributed by atoms with Crippen molar-refractivity contribution in [3.63, 3.8) is 0 Å². The number of alkyl halides is 1. The first-order chi connectivity index (χ1) is 9.79. The third-order valence-corrected chi connectivity index (χ3v) is 3.67. The van der Waals surface area contributed by atoms with E-state index in [1.165, 1.54) is 11.1 Å². The van der Waals surface area contributed by atoms with Gasteiger partial charge in [0.1, 0.15) is 5.82 Å². The monoisotopic (exact) mass is 288 g/mol. The smallest absolute Gasteiger partial charge is 0.111 e. The molecule has 4 nitrogen and oxygen atoms in total. The van der Waals surface area contributed by atoms with Crippen molar-refractivity contribution >= 4 is 22.6 Å². The molecule has 0 spiro atoms. The molecule has 0 saturated heterocycles. The highest BCUT2D eigenvalue weighted by molar-refractivity contribution is 6.17. The van der Waals surface area contributed by atoms with Crippen LogP contribution in [-0.4, -0.2) is 25.2 Å². The molecule has 5 heteroatoms. The van der Waals surface area contributed by atoms with Gasteiger partial charge in [0, 0.05) is 31.2 Å². The third-order valence-electron chi connectivity index (χ3n) is 3.48. The lowest BCUT2D eigenvalue weighted by molar-refractivity contribution is 0.529. The second-order valence-corrected chi connectivity index (χ2v) is 5.21. The number of nitrogens with zero attached hydrogens (tertiary/aromatic N) is 4. The van der Waals surface area contributed by atoms with Crippen LogP contribution in [0.15, 0.2) is 36.7 Å². The molecule has 2 heterocycles. The zero-order chi connectivity index (χ0) is 13.9. The summed E-state index contributed by atoms with van der Waals surface area (Å²) in [4.78, 5) is 4.71. The van der Waals surface area contributed by atoms with Gasteiger partial charge in [-0.2, -0.15) is 5.10 Å². The van der Waals surface area contributed by atoms with Crippen molar-refractivity contribution in [2.45, 2.75) is 26.4 Å². The number of rotatable bonds is 5. The predicted molar refractivity (Wildman–Crippen MR) is 81.1 cm³/mol. The van der Waals surface area contributed by atoms with Crippen LogP contribution in [0.5, 0.6) is 0 Å². The maximum atomic E-state index is 5.90. The van der Waals surface area contributed by atoms with E-state index in [-0.39, 0.29) is 0 Å². The van der Waals surface area contributed by atoms with Gasteiger partial charge in [-0.3, -0.25) is 4.68 Å². The van der Waals surface area contributed by atoms with Gasteiger partial charge in [-0.05, 0) is 24.6 Å². The Hall–Kier alpha value is -1.81. The van der Waals surface area contributed by atoms with Gasteiger partial charge < -0.3 is 4.57 Å². The Morgan fingerprint density at radius 1 is 1.20 bits per heavy atom. The first-order valence-corrected chi connectivity index (χ1v) is 7.31. The fraction of sp³-hybridized carbons (Fsp3) is 0.333. The molecule has 0 fully saturated rings. The van der Waals surface area contributed by atoms with E-state index in [1.54, 1.807) is 6.20 Å². The number of imidazole rings is 1. The summed E-state index contributed by atoms with van der Waals surface area (Å²) in [5, 5.41) is 4.25. The van der Waals surface area contributed by atoms with Crippen LogP contribution in [0.4, 0.5) is 0 Å². The Morgan fingerprint density at radius 3 is 2.85 bits per heavy atom. The number of halogens is 1. The largest absolute Gasteiger partial charge is 0.326 e. The minimum atomic E-state index is 0.587. The Kier molecular flexibility index (Phi) is 3.74. The maximum Gasteiger partial charge on any atom is 0.111 e. The van der Waals surface area contributed by atoms with E-state index >= 15 is 0 Å². The van der Waals surface area contributed by atoms with E-state index < -0.39 is 0 Å². The van der Waals surface area contributed by atoms with Crippen molar-refractivity contribution in [1.29, 1.82) is 0 Å². The lowest BCUT2D eigenvalue weighted by Crippen LogP contribution is -2.11. The van der Waals surface area contributed by atoms with Crippen LogP contribution in [0.2, 0.25) is 0 Å². The average Bonchev–Trinajstić information content (AvgIpc) is 3.05. The molecule has 0 N–H and O–H groups in total. The highest BCUT2D eigenvalue weighted by Crippen LogP contribution is 2.20. The molecule has 0 saturated carbocycles. The number of hydrogen-bond acceptors (Lipinski definition) is 2. The van der Waals surface area contributed by atoms with Gasteiger partial charge in [0.25, 0.3) is 0 Å². The van der Waals surface area contributed by atoms with Crippen LogP contribution >= 0.6 is 11.6 Å². The van der Waals surface area contributed by atoms with Gasteiger partial charge in [-0.1, -0.05) is 12.1 Å². The molecular formula is C15H17ClN4. The van der Waals surface area contributed by atoms with E-state index in [2.05, 4.69) is 28.7 Å². The van der Waals surface area contributed by atoms with Crippen LogP contribution in [0.1, 0.15) is 11.4 Å². The number of aryl methyl sites for hydroxylation is 4. The quantitative estimate of drug-likeness (QED) is 0.677. The summed E-state index contributed by atoms with van der Waals surface area (Å²) in [6, 6.07) is 8.17. The normalized spacial score (nSPS) is 11.3. The van der Waals surface area contributed by atoms with Gasteiger partial charge in [-0.15, -0.1) is 11.6 Å². The van der Waals surface area contributed by atoms with E-state index in [1.807, 2.05) is 23.0 Å². The van der Waals surface area contributed by atoms with E-state index in [9.17, 15) is 0 Å². The fourth-order valence-electron chi connectivity index (χ4n) is 2.56. The van der Waals surface area contributed by atoms with Gasteiger partial charge in [0.05, 0.1) is 17.6 Å². The average molecular weight is 289 g/mol. The van der Waals surface area contributed by atoms with Gasteiger partial charge in [-0.25, -0.2) is 4.98 Å². The lowest BCUT2D eigenvalue weighted by Gasteiger charge is -2.10. The summed E-state index contributed by atoms with van der Waals surface area (Å²) >= 11 is 5.90. The summed E-state index contributed by atoms with van der Waals surface area (Å²) in [6.07, 6.45) is 4.57. The molecule has 20 heavy (non-hydrogen) atoms. The first kappa shape index (κ1) is 13.2. The summed E-state index contributed by atoms with van der Waals surface area (Å²) in [5.74, 6) is 1.64. The molecule has 104 valence electrons. The summed E-state index contributed by atoms with van der Waals surface area (Å²) in [7, 11) is 0. The van der Waals surface area contributed by atoms with Gasteiger partial charge >= 0.3 is 0 Å². The van der Waals surface area contributed by atoms with E-state index in [0.29, 0.717) is 5.88 Å². The summed E-state index contributed by atoms with van der Waals surface area (Å²) in [5.41, 5.74) is 3.50. The molecule has 0 atom stereocenters. The van der Waals surface area contributed by atoms with Crippen LogP contribution in [-0.2, 0) is 19.5 Å². The first-order valence-electron chi connectivity index (χ1n) is 6.77. The minimum absolute atomic E-state index is 0.587. The topological polar surface area (TPSA) is 35.6 Å². The lowest BCUT2D eigenvalue weighted by atomic mass is 10.2. The maximum absolute atomic E-state index is 5.90. The highest BCUT2D eigenvalue weighted by atomic mass is 35.5. The summed E-state index contributed by atoms with van der Waals surface area (Å²) < 4.78 is 4.21. The minimum Gasteiger partial charge on any atom is -0.326 e. The van der Waals surface area contributed by atoms with Gasteiger partial charge in [0.2, 0.25) is 0 Å². The van der Waals surface area contributed by atoms with E-state index in [0.717, 1.165) is 30.9 Å². The molecule has 0 aliphatic heterocycles. The Labute approximate surface area is 123 Å².